The molecule has 19 heavy (non-hydrogen) atoms. The molecule has 0 bridgehead atoms. The summed E-state index contributed by atoms with van der Waals surface area (Å²) < 4.78 is 29.1. The van der Waals surface area contributed by atoms with Crippen LogP contribution < -0.4 is 4.72 Å². The van der Waals surface area contributed by atoms with Crippen molar-refractivity contribution in [1.82, 2.24) is 9.03 Å². The normalized spacial score (nSPS) is 22.6. The number of piperidine rings is 1. The Morgan fingerprint density at radius 3 is 2.42 bits per heavy atom. The Hall–Kier alpha value is 0.160. The number of rotatable bonds is 7. The molecule has 0 spiro atoms. The van der Waals surface area contributed by atoms with Crippen molar-refractivity contribution in [3.05, 3.63) is 0 Å². The predicted molar refractivity (Wildman–Crippen MR) is 80.7 cm³/mol. The van der Waals surface area contributed by atoms with Crippen molar-refractivity contribution in [2.45, 2.75) is 58.9 Å². The van der Waals surface area contributed by atoms with Crippen LogP contribution in [-0.2, 0) is 10.2 Å². The second kappa shape index (κ2) is 7.25. The molecule has 0 aromatic carbocycles. The first-order chi connectivity index (χ1) is 8.90. The van der Waals surface area contributed by atoms with Gasteiger partial charge >= 0.3 is 0 Å². The first-order valence-electron chi connectivity index (χ1n) is 7.23. The summed E-state index contributed by atoms with van der Waals surface area (Å²) in [5, 5.41) is 0. The molecule has 1 saturated heterocycles. The van der Waals surface area contributed by atoms with E-state index in [1.165, 1.54) is 0 Å². The van der Waals surface area contributed by atoms with Crippen molar-refractivity contribution in [2.24, 2.45) is 5.41 Å². The van der Waals surface area contributed by atoms with Gasteiger partial charge in [-0.2, -0.15) is 12.7 Å². The average molecular weight is 311 g/mol. The van der Waals surface area contributed by atoms with Gasteiger partial charge in [-0.05, 0) is 38.0 Å². The molecule has 1 atom stereocenters. The number of alkyl halides is 1. The van der Waals surface area contributed by atoms with Crippen LogP contribution in [0.3, 0.4) is 0 Å². The minimum Gasteiger partial charge on any atom is -0.202 e. The molecular formula is C13H27ClN2O2S. The van der Waals surface area contributed by atoms with E-state index in [-0.39, 0.29) is 11.5 Å². The van der Waals surface area contributed by atoms with Gasteiger partial charge in [0.05, 0.1) is 0 Å². The van der Waals surface area contributed by atoms with E-state index >= 15 is 0 Å². The number of halogens is 1. The van der Waals surface area contributed by atoms with Crippen LogP contribution in [0.1, 0.15) is 52.9 Å². The third-order valence-electron chi connectivity index (χ3n) is 4.46. The monoisotopic (exact) mass is 310 g/mol. The molecule has 4 nitrogen and oxygen atoms in total. The third-order valence-corrected chi connectivity index (χ3v) is 6.70. The number of hydrogen-bond donors (Lipinski definition) is 1. The SMILES string of the molecule is CCC(CC)(CCl)CNS(=O)(=O)N1CCCCC1C. The highest BCUT2D eigenvalue weighted by Gasteiger charge is 2.32. The molecule has 1 fully saturated rings. The fourth-order valence-electron chi connectivity index (χ4n) is 2.49. The summed E-state index contributed by atoms with van der Waals surface area (Å²) in [4.78, 5) is 0. The zero-order chi connectivity index (χ0) is 14.5. The Morgan fingerprint density at radius 1 is 1.32 bits per heavy atom. The minimum atomic E-state index is -3.37. The van der Waals surface area contributed by atoms with Crippen LogP contribution in [0.25, 0.3) is 0 Å². The molecule has 1 aliphatic heterocycles. The lowest BCUT2D eigenvalue weighted by Crippen LogP contribution is -2.50. The van der Waals surface area contributed by atoms with E-state index in [0.717, 1.165) is 32.1 Å². The largest absolute Gasteiger partial charge is 0.279 e. The van der Waals surface area contributed by atoms with Crippen molar-refractivity contribution < 1.29 is 8.42 Å². The highest BCUT2D eigenvalue weighted by molar-refractivity contribution is 7.87. The quantitative estimate of drug-likeness (QED) is 0.735. The van der Waals surface area contributed by atoms with Crippen molar-refractivity contribution in [1.29, 1.82) is 0 Å². The van der Waals surface area contributed by atoms with Crippen LogP contribution in [0.4, 0.5) is 0 Å². The molecule has 0 aromatic heterocycles. The Balaban J connectivity index is 2.69. The zero-order valence-electron chi connectivity index (χ0n) is 12.3. The van der Waals surface area contributed by atoms with Gasteiger partial charge in [0, 0.05) is 25.0 Å². The molecule has 0 amide bonds. The summed E-state index contributed by atoms with van der Waals surface area (Å²) >= 11 is 6.02. The average Bonchev–Trinajstić information content (AvgIpc) is 2.41. The molecule has 1 rings (SSSR count). The molecular weight excluding hydrogens is 284 g/mol. The second-order valence-corrected chi connectivity index (χ2v) is 7.60. The molecule has 1 unspecified atom stereocenters. The van der Waals surface area contributed by atoms with E-state index in [1.54, 1.807) is 4.31 Å². The molecule has 1 aliphatic rings. The van der Waals surface area contributed by atoms with Crippen LogP contribution in [0.2, 0.25) is 0 Å². The van der Waals surface area contributed by atoms with Gasteiger partial charge in [-0.25, -0.2) is 4.72 Å². The lowest BCUT2D eigenvalue weighted by Gasteiger charge is -2.35. The van der Waals surface area contributed by atoms with E-state index in [0.29, 0.717) is 19.0 Å². The maximum Gasteiger partial charge on any atom is 0.279 e. The minimum absolute atomic E-state index is 0.0971. The summed E-state index contributed by atoms with van der Waals surface area (Å²) in [6.07, 6.45) is 4.77. The summed E-state index contributed by atoms with van der Waals surface area (Å²) in [7, 11) is -3.37. The zero-order valence-corrected chi connectivity index (χ0v) is 13.9. The maximum atomic E-state index is 12.4. The first kappa shape index (κ1) is 17.2. The van der Waals surface area contributed by atoms with Crippen molar-refractivity contribution in [2.75, 3.05) is 19.0 Å². The second-order valence-electron chi connectivity index (χ2n) is 5.62. The van der Waals surface area contributed by atoms with Gasteiger partial charge in [0.25, 0.3) is 10.2 Å². The van der Waals surface area contributed by atoms with Gasteiger partial charge in [-0.15, -0.1) is 11.6 Å². The highest BCUT2D eigenvalue weighted by Crippen LogP contribution is 2.28. The fourth-order valence-corrected chi connectivity index (χ4v) is 4.57. The van der Waals surface area contributed by atoms with E-state index in [9.17, 15) is 8.42 Å². The molecule has 114 valence electrons. The van der Waals surface area contributed by atoms with Crippen LogP contribution >= 0.6 is 11.6 Å². The smallest absolute Gasteiger partial charge is 0.202 e. The number of nitrogens with zero attached hydrogens (tertiary/aromatic N) is 1. The van der Waals surface area contributed by atoms with E-state index in [2.05, 4.69) is 18.6 Å². The maximum absolute atomic E-state index is 12.4. The summed E-state index contributed by atoms with van der Waals surface area (Å²) in [6.45, 7) is 7.15. The Morgan fingerprint density at radius 2 is 1.95 bits per heavy atom. The predicted octanol–water partition coefficient (Wildman–Crippen LogP) is 2.74. The molecule has 1 heterocycles. The lowest BCUT2D eigenvalue weighted by molar-refractivity contribution is 0.256. The number of hydrogen-bond acceptors (Lipinski definition) is 2. The van der Waals surface area contributed by atoms with Gasteiger partial charge in [0.2, 0.25) is 0 Å². The molecule has 0 aromatic rings. The van der Waals surface area contributed by atoms with Crippen molar-refractivity contribution in [3.63, 3.8) is 0 Å². The Bertz CT molecular complexity index is 361. The van der Waals surface area contributed by atoms with Gasteiger partial charge < -0.3 is 0 Å². The van der Waals surface area contributed by atoms with Crippen molar-refractivity contribution >= 4 is 21.8 Å². The van der Waals surface area contributed by atoms with Crippen LogP contribution in [0.5, 0.6) is 0 Å². The summed E-state index contributed by atoms with van der Waals surface area (Å²) in [5.41, 5.74) is -0.131. The van der Waals surface area contributed by atoms with Gasteiger partial charge in [-0.1, -0.05) is 20.3 Å². The van der Waals surface area contributed by atoms with E-state index < -0.39 is 10.2 Å². The summed E-state index contributed by atoms with van der Waals surface area (Å²) in [5.74, 6) is 0.484. The fraction of sp³-hybridized carbons (Fsp3) is 1.00. The van der Waals surface area contributed by atoms with Crippen LogP contribution in [-0.4, -0.2) is 37.7 Å². The van der Waals surface area contributed by atoms with Gasteiger partial charge in [0.15, 0.2) is 0 Å². The molecule has 0 saturated carbocycles. The van der Waals surface area contributed by atoms with Crippen LogP contribution in [0, 0.1) is 5.41 Å². The standard InChI is InChI=1S/C13H27ClN2O2S/c1-4-13(5-2,10-14)11-15-19(17,18)16-9-7-6-8-12(16)3/h12,15H,4-11H2,1-3H3. The lowest BCUT2D eigenvalue weighted by atomic mass is 9.85. The Labute approximate surface area is 123 Å². The topological polar surface area (TPSA) is 49.4 Å². The van der Waals surface area contributed by atoms with E-state index in [4.69, 9.17) is 11.6 Å². The molecule has 6 heteroatoms. The first-order valence-corrected chi connectivity index (χ1v) is 9.20. The Kier molecular flexibility index (Phi) is 6.57. The van der Waals surface area contributed by atoms with Gasteiger partial charge in [-0.3, -0.25) is 0 Å². The molecule has 0 aliphatic carbocycles. The van der Waals surface area contributed by atoms with E-state index in [1.807, 2.05) is 6.92 Å². The van der Waals surface area contributed by atoms with Crippen LogP contribution in [0.15, 0.2) is 0 Å². The summed E-state index contributed by atoms with van der Waals surface area (Å²) in [6, 6.07) is 0.0971. The molecule has 0 radical (unpaired) electrons. The third kappa shape index (κ3) is 4.31. The molecule has 1 N–H and O–H groups in total. The van der Waals surface area contributed by atoms with Crippen molar-refractivity contribution in [3.8, 4) is 0 Å². The number of nitrogens with one attached hydrogen (secondary N) is 1. The highest BCUT2D eigenvalue weighted by atomic mass is 35.5. The van der Waals surface area contributed by atoms with Gasteiger partial charge in [0.1, 0.15) is 0 Å².